The van der Waals surface area contributed by atoms with E-state index in [4.69, 9.17) is 4.42 Å². The maximum absolute atomic E-state index is 13.8. The molecule has 0 N–H and O–H groups in total. The van der Waals surface area contributed by atoms with Gasteiger partial charge < -0.3 is 4.42 Å². The van der Waals surface area contributed by atoms with Crippen LogP contribution in [0.5, 0.6) is 0 Å². The summed E-state index contributed by atoms with van der Waals surface area (Å²) in [6.07, 6.45) is 1.02. The number of pyridine rings is 1. The average Bonchev–Trinajstić information content (AvgIpc) is 3.24. The first kappa shape index (κ1) is 14.7. The zero-order valence-electron chi connectivity index (χ0n) is 14.7. The van der Waals surface area contributed by atoms with E-state index < -0.39 is 6.14 Å². The molecule has 0 fully saturated rings. The Morgan fingerprint density at radius 1 is 1.00 bits per heavy atom. The van der Waals surface area contributed by atoms with Gasteiger partial charge in [-0.3, -0.25) is 4.40 Å². The SMILES string of the molecule is Cc1c2ccccc2cc2c1c1ccc3oc(F)nc3c1n1c(C)cnc21. The van der Waals surface area contributed by atoms with Gasteiger partial charge in [0.2, 0.25) is 0 Å². The molecule has 0 bridgehead atoms. The number of hydrogen-bond acceptors (Lipinski definition) is 3. The van der Waals surface area contributed by atoms with Gasteiger partial charge in [-0.15, -0.1) is 4.39 Å². The molecule has 3 aromatic carbocycles. The molecule has 0 amide bonds. The summed E-state index contributed by atoms with van der Waals surface area (Å²) >= 11 is 0. The van der Waals surface area contributed by atoms with E-state index in [0.29, 0.717) is 11.1 Å². The Morgan fingerprint density at radius 3 is 2.74 bits per heavy atom. The van der Waals surface area contributed by atoms with E-state index in [-0.39, 0.29) is 0 Å². The van der Waals surface area contributed by atoms with E-state index in [0.717, 1.165) is 33.0 Å². The Bertz CT molecular complexity index is 1560. The van der Waals surface area contributed by atoms with Crippen LogP contribution in [0.4, 0.5) is 4.39 Å². The lowest BCUT2D eigenvalue weighted by atomic mass is 9.95. The van der Waals surface area contributed by atoms with Gasteiger partial charge in [-0.2, -0.15) is 4.98 Å². The minimum atomic E-state index is -0.821. The van der Waals surface area contributed by atoms with E-state index in [2.05, 4.69) is 39.5 Å². The summed E-state index contributed by atoms with van der Waals surface area (Å²) in [5, 5.41) is 5.59. The lowest BCUT2D eigenvalue weighted by molar-refractivity contribution is 0.355. The Kier molecular flexibility index (Phi) is 2.62. The largest absolute Gasteiger partial charge is 0.415 e. The van der Waals surface area contributed by atoms with Gasteiger partial charge in [0.1, 0.15) is 11.2 Å². The summed E-state index contributed by atoms with van der Waals surface area (Å²) in [7, 11) is 0. The maximum Gasteiger partial charge on any atom is 0.382 e. The molecule has 0 spiro atoms. The molecule has 0 saturated carbocycles. The Hall–Kier alpha value is -3.47. The topological polar surface area (TPSA) is 43.3 Å². The van der Waals surface area contributed by atoms with Crippen molar-refractivity contribution in [2.45, 2.75) is 13.8 Å². The van der Waals surface area contributed by atoms with Gasteiger partial charge in [0.25, 0.3) is 0 Å². The number of halogens is 1. The molecule has 0 radical (unpaired) electrons. The summed E-state index contributed by atoms with van der Waals surface area (Å²) in [6.45, 7) is 4.12. The number of aromatic nitrogens is 3. The third-order valence-electron chi connectivity index (χ3n) is 5.49. The summed E-state index contributed by atoms with van der Waals surface area (Å²) in [5.74, 6) is 0. The van der Waals surface area contributed by atoms with Crippen LogP contribution in [-0.2, 0) is 0 Å². The smallest absolute Gasteiger partial charge is 0.382 e. The zero-order valence-corrected chi connectivity index (χ0v) is 14.7. The molecule has 5 heteroatoms. The van der Waals surface area contributed by atoms with Gasteiger partial charge >= 0.3 is 6.14 Å². The van der Waals surface area contributed by atoms with Crippen molar-refractivity contribution < 1.29 is 8.81 Å². The van der Waals surface area contributed by atoms with Crippen molar-refractivity contribution in [1.82, 2.24) is 14.4 Å². The van der Waals surface area contributed by atoms with Crippen LogP contribution in [0.15, 0.2) is 53.1 Å². The van der Waals surface area contributed by atoms with Gasteiger partial charge in [0.05, 0.1) is 5.52 Å². The summed E-state index contributed by atoms with van der Waals surface area (Å²) in [4.78, 5) is 8.70. The van der Waals surface area contributed by atoms with Crippen LogP contribution in [0.2, 0.25) is 0 Å². The molecular weight excluding hydrogens is 341 g/mol. The summed E-state index contributed by atoms with van der Waals surface area (Å²) < 4.78 is 21.0. The van der Waals surface area contributed by atoms with Gasteiger partial charge in [-0.25, -0.2) is 4.98 Å². The van der Waals surface area contributed by atoms with Crippen LogP contribution in [0.25, 0.3) is 49.2 Å². The summed E-state index contributed by atoms with van der Waals surface area (Å²) in [5.41, 5.74) is 4.78. The fraction of sp³-hybridized carbons (Fsp3) is 0.0909. The Morgan fingerprint density at radius 2 is 1.85 bits per heavy atom. The van der Waals surface area contributed by atoms with Crippen molar-refractivity contribution >= 4 is 49.2 Å². The first-order valence-corrected chi connectivity index (χ1v) is 8.80. The van der Waals surface area contributed by atoms with Crippen molar-refractivity contribution in [3.05, 3.63) is 66.1 Å². The first-order chi connectivity index (χ1) is 13.1. The van der Waals surface area contributed by atoms with E-state index >= 15 is 0 Å². The third-order valence-corrected chi connectivity index (χ3v) is 5.49. The van der Waals surface area contributed by atoms with Crippen molar-refractivity contribution in [3.8, 4) is 0 Å². The zero-order chi connectivity index (χ0) is 18.3. The number of oxazole rings is 1. The van der Waals surface area contributed by atoms with Crippen LogP contribution >= 0.6 is 0 Å². The van der Waals surface area contributed by atoms with Crippen LogP contribution in [-0.4, -0.2) is 14.4 Å². The summed E-state index contributed by atoms with van der Waals surface area (Å²) in [6, 6.07) is 14.3. The van der Waals surface area contributed by atoms with E-state index in [1.54, 1.807) is 6.07 Å². The van der Waals surface area contributed by atoms with Crippen LogP contribution in [0, 0.1) is 20.0 Å². The molecule has 0 saturated heterocycles. The minimum absolute atomic E-state index is 0.437. The van der Waals surface area contributed by atoms with Crippen molar-refractivity contribution in [2.75, 3.05) is 0 Å². The second-order valence-corrected chi connectivity index (χ2v) is 6.98. The van der Waals surface area contributed by atoms with Crippen LogP contribution in [0.3, 0.4) is 0 Å². The quantitative estimate of drug-likeness (QED) is 0.260. The highest BCUT2D eigenvalue weighted by Gasteiger charge is 2.19. The van der Waals surface area contributed by atoms with Gasteiger partial charge in [-0.05, 0) is 53.8 Å². The fourth-order valence-corrected chi connectivity index (χ4v) is 4.34. The molecule has 0 unspecified atom stereocenters. The van der Waals surface area contributed by atoms with Gasteiger partial charge in [0, 0.05) is 22.7 Å². The molecule has 4 nitrogen and oxygen atoms in total. The number of rotatable bonds is 0. The number of aryl methyl sites for hydroxylation is 2. The minimum Gasteiger partial charge on any atom is -0.415 e. The molecule has 0 aliphatic rings. The number of fused-ring (bicyclic) bond motifs is 9. The van der Waals surface area contributed by atoms with Crippen molar-refractivity contribution in [2.24, 2.45) is 0 Å². The third kappa shape index (κ3) is 1.76. The normalized spacial score (nSPS) is 12.3. The van der Waals surface area contributed by atoms with E-state index in [9.17, 15) is 4.39 Å². The Balaban J connectivity index is 2.04. The highest BCUT2D eigenvalue weighted by Crippen LogP contribution is 2.38. The molecule has 0 aliphatic heterocycles. The molecule has 130 valence electrons. The van der Waals surface area contributed by atoms with Crippen molar-refractivity contribution in [1.29, 1.82) is 0 Å². The molecule has 0 atom stereocenters. The molecular formula is C22H14FN3O. The second kappa shape index (κ2) is 4.82. The van der Waals surface area contributed by atoms with Crippen LogP contribution < -0.4 is 0 Å². The molecule has 6 aromatic rings. The molecule has 3 aromatic heterocycles. The predicted molar refractivity (Wildman–Crippen MR) is 105 cm³/mol. The standard InChI is InChI=1S/C22H14FN3O/c1-11-10-24-21-16-9-13-5-3-4-6-14(13)12(2)18(16)15-7-8-17-19(20(15)26(11)21)25-22(23)27-17/h3-10H,1-2H3. The van der Waals surface area contributed by atoms with E-state index in [1.165, 1.54) is 16.3 Å². The highest BCUT2D eigenvalue weighted by molar-refractivity contribution is 6.21. The van der Waals surface area contributed by atoms with Gasteiger partial charge in [-0.1, -0.05) is 24.3 Å². The molecule has 27 heavy (non-hydrogen) atoms. The van der Waals surface area contributed by atoms with Crippen LogP contribution in [0.1, 0.15) is 11.3 Å². The number of nitrogens with zero attached hydrogens (tertiary/aromatic N) is 3. The maximum atomic E-state index is 13.8. The molecule has 0 aliphatic carbocycles. The second-order valence-electron chi connectivity index (χ2n) is 6.98. The predicted octanol–water partition coefficient (Wildman–Crippen LogP) is 5.69. The lowest BCUT2D eigenvalue weighted by Crippen LogP contribution is -1.96. The van der Waals surface area contributed by atoms with E-state index in [1.807, 2.05) is 31.3 Å². The molecule has 3 heterocycles. The number of hydrogen-bond donors (Lipinski definition) is 0. The average molecular weight is 355 g/mol. The lowest BCUT2D eigenvalue weighted by Gasteiger charge is -2.14. The first-order valence-electron chi connectivity index (χ1n) is 8.80. The van der Waals surface area contributed by atoms with Crippen molar-refractivity contribution in [3.63, 3.8) is 0 Å². The highest BCUT2D eigenvalue weighted by atomic mass is 19.1. The number of benzene rings is 3. The molecule has 6 rings (SSSR count). The van der Waals surface area contributed by atoms with Gasteiger partial charge in [0.15, 0.2) is 5.58 Å². The Labute approximate surface area is 152 Å². The number of imidazole rings is 1. The monoisotopic (exact) mass is 355 g/mol. The fourth-order valence-electron chi connectivity index (χ4n) is 4.34.